The summed E-state index contributed by atoms with van der Waals surface area (Å²) in [6.07, 6.45) is 1.66. The van der Waals surface area contributed by atoms with Crippen LogP contribution in [0.15, 0.2) is 36.5 Å². The van der Waals surface area contributed by atoms with Crippen molar-refractivity contribution in [1.29, 1.82) is 0 Å². The van der Waals surface area contributed by atoms with E-state index in [9.17, 15) is 15.2 Å². The summed E-state index contributed by atoms with van der Waals surface area (Å²) in [5, 5.41) is 29.3. The Bertz CT molecular complexity index is 562. The molecule has 0 radical (unpaired) electrons. The highest BCUT2D eigenvalue weighted by Gasteiger charge is 2.12. The number of non-ortho nitro benzene ring substituents is 1. The molecule has 0 unspecified atom stereocenters. The van der Waals surface area contributed by atoms with Crippen LogP contribution in [0.3, 0.4) is 0 Å². The van der Waals surface area contributed by atoms with Crippen molar-refractivity contribution in [2.24, 2.45) is 0 Å². The summed E-state index contributed by atoms with van der Waals surface area (Å²) < 4.78 is 1.57. The predicted octanol–water partition coefficient (Wildman–Crippen LogP) is 1.58. The minimum atomic E-state index is -0.577. The Morgan fingerprint density at radius 3 is 2.71 bits per heavy atom. The Hall–Kier alpha value is -2.34. The van der Waals surface area contributed by atoms with Gasteiger partial charge in [-0.05, 0) is 18.2 Å². The number of aromatic hydroxyl groups is 1. The van der Waals surface area contributed by atoms with Gasteiger partial charge in [0.15, 0.2) is 0 Å². The number of aromatic nitrogens is 1. The number of nitro groups is 1. The predicted molar refractivity (Wildman–Crippen MR) is 60.0 cm³/mol. The van der Waals surface area contributed by atoms with Crippen molar-refractivity contribution in [3.05, 3.63) is 52.3 Å². The number of rotatable bonds is 3. The average molecular weight is 234 g/mol. The van der Waals surface area contributed by atoms with E-state index in [1.54, 1.807) is 22.9 Å². The Morgan fingerprint density at radius 2 is 2.12 bits per heavy atom. The van der Waals surface area contributed by atoms with E-state index >= 15 is 0 Å². The first kappa shape index (κ1) is 11.2. The Morgan fingerprint density at radius 1 is 1.35 bits per heavy atom. The van der Waals surface area contributed by atoms with Gasteiger partial charge >= 0.3 is 0 Å². The van der Waals surface area contributed by atoms with Gasteiger partial charge in [0.05, 0.1) is 23.3 Å². The molecule has 2 aromatic rings. The van der Waals surface area contributed by atoms with Gasteiger partial charge in [-0.15, -0.1) is 0 Å². The molecule has 0 aliphatic rings. The number of benzene rings is 1. The average Bonchev–Trinajstić information content (AvgIpc) is 2.76. The molecule has 0 atom stereocenters. The van der Waals surface area contributed by atoms with Crippen LogP contribution < -0.4 is 0 Å². The SMILES string of the molecule is O=[N+]([O-])c1ccc(-n2cccc2CO)c(O)c1. The molecule has 0 fully saturated rings. The lowest BCUT2D eigenvalue weighted by Crippen LogP contribution is -1.99. The molecular weight excluding hydrogens is 224 g/mol. The lowest BCUT2D eigenvalue weighted by molar-refractivity contribution is -0.384. The fraction of sp³-hybridized carbons (Fsp3) is 0.0909. The van der Waals surface area contributed by atoms with Crippen molar-refractivity contribution >= 4 is 5.69 Å². The van der Waals surface area contributed by atoms with E-state index in [-0.39, 0.29) is 18.0 Å². The largest absolute Gasteiger partial charge is 0.505 e. The van der Waals surface area contributed by atoms with Crippen molar-refractivity contribution in [1.82, 2.24) is 4.57 Å². The molecule has 0 amide bonds. The number of nitrogens with zero attached hydrogens (tertiary/aromatic N) is 2. The molecule has 0 spiro atoms. The summed E-state index contributed by atoms with van der Waals surface area (Å²) in [5.74, 6) is -0.204. The van der Waals surface area contributed by atoms with E-state index in [2.05, 4.69) is 0 Å². The van der Waals surface area contributed by atoms with Gasteiger partial charge < -0.3 is 14.8 Å². The monoisotopic (exact) mass is 234 g/mol. The lowest BCUT2D eigenvalue weighted by Gasteiger charge is -2.09. The third-order valence-corrected chi connectivity index (χ3v) is 2.42. The third kappa shape index (κ3) is 1.98. The third-order valence-electron chi connectivity index (χ3n) is 2.42. The topological polar surface area (TPSA) is 88.5 Å². The second-order valence-corrected chi connectivity index (χ2v) is 3.46. The van der Waals surface area contributed by atoms with Gasteiger partial charge in [-0.3, -0.25) is 10.1 Å². The smallest absolute Gasteiger partial charge is 0.273 e. The van der Waals surface area contributed by atoms with Crippen LogP contribution in [0.5, 0.6) is 5.75 Å². The number of hydrogen-bond donors (Lipinski definition) is 2. The van der Waals surface area contributed by atoms with Crippen molar-refractivity contribution < 1.29 is 15.1 Å². The summed E-state index contributed by atoms with van der Waals surface area (Å²) in [6.45, 7) is -0.177. The maximum atomic E-state index is 10.5. The van der Waals surface area contributed by atoms with Gasteiger partial charge in [-0.25, -0.2) is 0 Å². The molecule has 2 rings (SSSR count). The van der Waals surface area contributed by atoms with Gasteiger partial charge in [0, 0.05) is 18.0 Å². The highest BCUT2D eigenvalue weighted by molar-refractivity contribution is 5.53. The van der Waals surface area contributed by atoms with Gasteiger partial charge in [-0.1, -0.05) is 0 Å². The standard InChI is InChI=1S/C11H10N2O4/c14-7-9-2-1-5-12(9)10-4-3-8(13(16)17)6-11(10)15/h1-6,14-15H,7H2. The minimum absolute atomic E-state index is 0.177. The van der Waals surface area contributed by atoms with Gasteiger partial charge in [0.1, 0.15) is 5.75 Å². The zero-order valence-corrected chi connectivity index (χ0v) is 8.78. The summed E-state index contributed by atoms with van der Waals surface area (Å²) in [5.41, 5.74) is 0.808. The van der Waals surface area contributed by atoms with E-state index in [0.717, 1.165) is 6.07 Å². The fourth-order valence-corrected chi connectivity index (χ4v) is 1.61. The van der Waals surface area contributed by atoms with Crippen LogP contribution in [0.4, 0.5) is 5.69 Å². The molecule has 6 heteroatoms. The summed E-state index contributed by atoms with van der Waals surface area (Å²) in [6, 6.07) is 7.23. The van der Waals surface area contributed by atoms with Crippen LogP contribution in [0.25, 0.3) is 5.69 Å². The molecule has 17 heavy (non-hydrogen) atoms. The minimum Gasteiger partial charge on any atom is -0.505 e. The Kier molecular flexibility index (Phi) is 2.80. The molecule has 0 saturated heterocycles. The lowest BCUT2D eigenvalue weighted by atomic mass is 10.2. The molecule has 2 N–H and O–H groups in total. The molecular formula is C11H10N2O4. The van der Waals surface area contributed by atoms with E-state index in [0.29, 0.717) is 11.4 Å². The van der Waals surface area contributed by atoms with Gasteiger partial charge in [0.25, 0.3) is 5.69 Å². The zero-order valence-electron chi connectivity index (χ0n) is 8.78. The molecule has 6 nitrogen and oxygen atoms in total. The fourth-order valence-electron chi connectivity index (χ4n) is 1.61. The molecule has 0 saturated carbocycles. The number of phenols is 1. The highest BCUT2D eigenvalue weighted by atomic mass is 16.6. The molecule has 1 heterocycles. The van der Waals surface area contributed by atoms with Gasteiger partial charge in [-0.2, -0.15) is 0 Å². The van der Waals surface area contributed by atoms with E-state index < -0.39 is 4.92 Å². The van der Waals surface area contributed by atoms with Gasteiger partial charge in [0.2, 0.25) is 0 Å². The summed E-state index contributed by atoms with van der Waals surface area (Å²) in [4.78, 5) is 9.94. The maximum absolute atomic E-state index is 10.5. The zero-order chi connectivity index (χ0) is 12.4. The van der Waals surface area contributed by atoms with Crippen LogP contribution >= 0.6 is 0 Å². The first-order valence-corrected chi connectivity index (χ1v) is 4.88. The molecule has 0 aliphatic carbocycles. The van der Waals surface area contributed by atoms with Crippen LogP contribution in [0.1, 0.15) is 5.69 Å². The number of hydrogen-bond acceptors (Lipinski definition) is 4. The molecule has 88 valence electrons. The number of aliphatic hydroxyl groups is 1. The molecule has 1 aromatic carbocycles. The van der Waals surface area contributed by atoms with E-state index in [4.69, 9.17) is 5.11 Å². The first-order chi connectivity index (χ1) is 8.13. The van der Waals surface area contributed by atoms with Crippen molar-refractivity contribution in [2.45, 2.75) is 6.61 Å². The first-order valence-electron chi connectivity index (χ1n) is 4.88. The number of phenolic OH excluding ortho intramolecular Hbond substituents is 1. The van der Waals surface area contributed by atoms with Crippen molar-refractivity contribution in [2.75, 3.05) is 0 Å². The number of nitro benzene ring substituents is 1. The maximum Gasteiger partial charge on any atom is 0.273 e. The molecule has 1 aromatic heterocycles. The quantitative estimate of drug-likeness (QED) is 0.623. The number of aliphatic hydroxyl groups excluding tert-OH is 1. The van der Waals surface area contributed by atoms with E-state index in [1.165, 1.54) is 12.1 Å². The van der Waals surface area contributed by atoms with Crippen LogP contribution in [-0.4, -0.2) is 19.7 Å². The summed E-state index contributed by atoms with van der Waals surface area (Å²) >= 11 is 0. The highest BCUT2D eigenvalue weighted by Crippen LogP contribution is 2.27. The summed E-state index contributed by atoms with van der Waals surface area (Å²) in [7, 11) is 0. The van der Waals surface area contributed by atoms with E-state index in [1.807, 2.05) is 0 Å². The van der Waals surface area contributed by atoms with Crippen molar-refractivity contribution in [3.63, 3.8) is 0 Å². The molecule has 0 bridgehead atoms. The van der Waals surface area contributed by atoms with Crippen molar-refractivity contribution in [3.8, 4) is 11.4 Å². The second-order valence-electron chi connectivity index (χ2n) is 3.46. The van der Waals surface area contributed by atoms with Crippen LogP contribution in [0.2, 0.25) is 0 Å². The van der Waals surface area contributed by atoms with Crippen LogP contribution in [0, 0.1) is 10.1 Å². The molecule has 0 aliphatic heterocycles. The van der Waals surface area contributed by atoms with Crippen LogP contribution in [-0.2, 0) is 6.61 Å². The normalized spacial score (nSPS) is 10.4. The second kappa shape index (κ2) is 4.26. The Balaban J connectivity index is 2.50. The Labute approximate surface area is 96.5 Å².